The lowest BCUT2D eigenvalue weighted by Gasteiger charge is -2.39. The van der Waals surface area contributed by atoms with E-state index in [1.165, 1.54) is 4.31 Å². The van der Waals surface area contributed by atoms with Gasteiger partial charge < -0.3 is 5.32 Å². The minimum atomic E-state index is -3.51. The molecule has 2 fully saturated rings. The van der Waals surface area contributed by atoms with Crippen LogP contribution in [0.5, 0.6) is 0 Å². The topological polar surface area (TPSA) is 69.7 Å². The average Bonchev–Trinajstić information content (AvgIpc) is 2.68. The van der Waals surface area contributed by atoms with Gasteiger partial charge in [0.1, 0.15) is 0 Å². The van der Waals surface area contributed by atoms with Gasteiger partial charge in [0.2, 0.25) is 5.91 Å². The molecule has 0 bridgehead atoms. The zero-order chi connectivity index (χ0) is 20.3. The number of carbonyl (C=O) groups excluding carboxylic acids is 1. The van der Waals surface area contributed by atoms with E-state index in [1.54, 1.807) is 4.31 Å². The molecule has 0 saturated carbocycles. The van der Waals surface area contributed by atoms with Crippen LogP contribution in [0.2, 0.25) is 0 Å². The third kappa shape index (κ3) is 4.93. The van der Waals surface area contributed by atoms with Gasteiger partial charge in [-0.3, -0.25) is 4.79 Å². The first-order valence-electron chi connectivity index (χ1n) is 10.4. The first kappa shape index (κ1) is 21.3. The van der Waals surface area contributed by atoms with Crippen LogP contribution < -0.4 is 5.32 Å². The number of piperidine rings is 2. The quantitative estimate of drug-likeness (QED) is 0.816. The first-order chi connectivity index (χ1) is 13.3. The van der Waals surface area contributed by atoms with Crippen molar-refractivity contribution in [3.63, 3.8) is 0 Å². The average molecular weight is 408 g/mol. The molecule has 0 aliphatic carbocycles. The van der Waals surface area contributed by atoms with Gasteiger partial charge in [0.15, 0.2) is 0 Å². The number of carbonyl (C=O) groups is 1. The molecule has 7 heteroatoms. The number of hydrogen-bond acceptors (Lipinski definition) is 3. The van der Waals surface area contributed by atoms with Gasteiger partial charge in [-0.15, -0.1) is 0 Å². The zero-order valence-corrected chi connectivity index (χ0v) is 18.0. The van der Waals surface area contributed by atoms with Gasteiger partial charge in [-0.25, -0.2) is 0 Å². The third-order valence-corrected chi connectivity index (χ3v) is 7.84. The monoisotopic (exact) mass is 407 g/mol. The Balaban J connectivity index is 1.63. The van der Waals surface area contributed by atoms with Crippen molar-refractivity contribution in [2.24, 2.45) is 17.8 Å². The molecule has 1 aromatic carbocycles. The molecule has 2 aliphatic heterocycles. The standard InChI is InChI=1S/C21H33N3O3S/c1-16-12-17(2)14-24(13-16)28(26,27)23-11-7-10-20(15-23)21(25)22-18(3)19-8-5-4-6-9-19/h4-6,8-9,16-18,20H,7,10-15H2,1-3H3,(H,22,25)/t16-,17+,18-,20-/m0/s1. The van der Waals surface area contributed by atoms with Crippen LogP contribution in [-0.2, 0) is 15.0 Å². The molecule has 6 nitrogen and oxygen atoms in total. The number of benzene rings is 1. The molecule has 1 N–H and O–H groups in total. The van der Waals surface area contributed by atoms with Crippen molar-refractivity contribution in [3.8, 4) is 0 Å². The van der Waals surface area contributed by atoms with Gasteiger partial charge in [0.25, 0.3) is 10.2 Å². The number of amides is 1. The minimum absolute atomic E-state index is 0.0587. The normalized spacial score (nSPS) is 28.6. The molecule has 0 radical (unpaired) electrons. The smallest absolute Gasteiger partial charge is 0.282 e. The van der Waals surface area contributed by atoms with E-state index >= 15 is 0 Å². The molecular formula is C21H33N3O3S. The molecule has 28 heavy (non-hydrogen) atoms. The van der Waals surface area contributed by atoms with Crippen molar-refractivity contribution in [1.29, 1.82) is 0 Å². The van der Waals surface area contributed by atoms with Crippen LogP contribution in [0, 0.1) is 17.8 Å². The Bertz CT molecular complexity index is 758. The maximum absolute atomic E-state index is 13.2. The predicted molar refractivity (Wildman–Crippen MR) is 111 cm³/mol. The summed E-state index contributed by atoms with van der Waals surface area (Å²) in [7, 11) is -3.51. The summed E-state index contributed by atoms with van der Waals surface area (Å²) in [5.74, 6) is 0.384. The van der Waals surface area contributed by atoms with Crippen molar-refractivity contribution in [3.05, 3.63) is 35.9 Å². The summed E-state index contributed by atoms with van der Waals surface area (Å²) in [5.41, 5.74) is 1.05. The lowest BCUT2D eigenvalue weighted by molar-refractivity contribution is -0.126. The van der Waals surface area contributed by atoms with Crippen LogP contribution in [0.15, 0.2) is 30.3 Å². The fourth-order valence-corrected chi connectivity index (χ4v) is 6.42. The Morgan fingerprint density at radius 1 is 1.07 bits per heavy atom. The Hall–Kier alpha value is -1.44. The Kier molecular flexibility index (Phi) is 6.78. The molecule has 0 unspecified atom stereocenters. The lowest BCUT2D eigenvalue weighted by atomic mass is 9.94. The second kappa shape index (κ2) is 8.93. The van der Waals surface area contributed by atoms with Gasteiger partial charge in [-0.2, -0.15) is 17.0 Å². The summed E-state index contributed by atoms with van der Waals surface area (Å²) in [4.78, 5) is 12.8. The maximum atomic E-state index is 13.2. The Labute approximate surface area is 169 Å². The molecule has 4 atom stereocenters. The molecule has 2 saturated heterocycles. The van der Waals surface area contributed by atoms with Crippen molar-refractivity contribution in [2.75, 3.05) is 26.2 Å². The Morgan fingerprint density at radius 2 is 1.71 bits per heavy atom. The van der Waals surface area contributed by atoms with Crippen molar-refractivity contribution in [2.45, 2.75) is 46.1 Å². The molecule has 1 amide bonds. The van der Waals surface area contributed by atoms with Gasteiger partial charge >= 0.3 is 0 Å². The van der Waals surface area contributed by atoms with Crippen molar-refractivity contribution in [1.82, 2.24) is 13.9 Å². The van der Waals surface area contributed by atoms with Crippen LogP contribution in [0.1, 0.15) is 51.6 Å². The van der Waals surface area contributed by atoms with Gasteiger partial charge in [-0.1, -0.05) is 44.2 Å². The molecule has 0 aromatic heterocycles. The molecule has 2 heterocycles. The predicted octanol–water partition coefficient (Wildman–Crippen LogP) is 2.80. The largest absolute Gasteiger partial charge is 0.349 e. The second-order valence-corrected chi connectivity index (χ2v) is 10.5. The molecular weight excluding hydrogens is 374 g/mol. The van der Waals surface area contributed by atoms with Crippen molar-refractivity contribution >= 4 is 16.1 Å². The molecule has 2 aliphatic rings. The third-order valence-electron chi connectivity index (χ3n) is 5.90. The number of hydrogen-bond donors (Lipinski definition) is 1. The molecule has 0 spiro atoms. The van der Waals surface area contributed by atoms with E-state index in [-0.39, 0.29) is 24.4 Å². The van der Waals surface area contributed by atoms with Crippen LogP contribution in [0.25, 0.3) is 0 Å². The highest BCUT2D eigenvalue weighted by atomic mass is 32.2. The first-order valence-corrected chi connectivity index (χ1v) is 11.8. The van der Waals surface area contributed by atoms with Crippen molar-refractivity contribution < 1.29 is 13.2 Å². The van der Waals surface area contributed by atoms with Gasteiger partial charge in [0, 0.05) is 26.2 Å². The van der Waals surface area contributed by atoms with E-state index < -0.39 is 10.2 Å². The SMILES string of the molecule is C[C@@H]1C[C@H](C)CN(S(=O)(=O)N2CCC[C@H](C(=O)N[C@@H](C)c3ccccc3)C2)C1. The summed E-state index contributed by atoms with van der Waals surface area (Å²) in [5, 5.41) is 3.06. The summed E-state index contributed by atoms with van der Waals surface area (Å²) < 4.78 is 29.5. The summed E-state index contributed by atoms with van der Waals surface area (Å²) in [6.07, 6.45) is 2.51. The van der Waals surface area contributed by atoms with Crippen LogP contribution in [-0.4, -0.2) is 49.1 Å². The Morgan fingerprint density at radius 3 is 2.36 bits per heavy atom. The van der Waals surface area contributed by atoms with Crippen LogP contribution in [0.3, 0.4) is 0 Å². The zero-order valence-electron chi connectivity index (χ0n) is 17.2. The van der Waals surface area contributed by atoms with E-state index in [2.05, 4.69) is 19.2 Å². The van der Waals surface area contributed by atoms with E-state index in [4.69, 9.17) is 0 Å². The highest BCUT2D eigenvalue weighted by molar-refractivity contribution is 7.86. The van der Waals surface area contributed by atoms with Gasteiger partial charge in [-0.05, 0) is 43.6 Å². The van der Waals surface area contributed by atoms with Gasteiger partial charge in [0.05, 0.1) is 12.0 Å². The van der Waals surface area contributed by atoms with E-state index in [9.17, 15) is 13.2 Å². The maximum Gasteiger partial charge on any atom is 0.282 e. The van der Waals surface area contributed by atoms with Crippen LogP contribution >= 0.6 is 0 Å². The summed E-state index contributed by atoms with van der Waals surface area (Å²) in [6.45, 7) is 8.09. The summed E-state index contributed by atoms with van der Waals surface area (Å²) >= 11 is 0. The highest BCUT2D eigenvalue weighted by Crippen LogP contribution is 2.27. The molecule has 156 valence electrons. The van der Waals surface area contributed by atoms with E-state index in [0.29, 0.717) is 31.5 Å². The number of rotatable bonds is 5. The molecule has 1 aromatic rings. The fraction of sp³-hybridized carbons (Fsp3) is 0.667. The second-order valence-electron chi connectivity index (χ2n) is 8.61. The highest BCUT2D eigenvalue weighted by Gasteiger charge is 2.38. The molecule has 3 rings (SSSR count). The fourth-order valence-electron chi connectivity index (χ4n) is 4.48. The summed E-state index contributed by atoms with van der Waals surface area (Å²) in [6, 6.07) is 9.73. The minimum Gasteiger partial charge on any atom is -0.349 e. The van der Waals surface area contributed by atoms with E-state index in [0.717, 1.165) is 24.8 Å². The number of nitrogens with zero attached hydrogens (tertiary/aromatic N) is 2. The van der Waals surface area contributed by atoms with E-state index in [1.807, 2.05) is 37.3 Å². The van der Waals surface area contributed by atoms with Crippen LogP contribution in [0.4, 0.5) is 0 Å². The lowest BCUT2D eigenvalue weighted by Crippen LogP contribution is -2.53. The number of nitrogens with one attached hydrogen (secondary N) is 1.